The Morgan fingerprint density at radius 2 is 1.90 bits per heavy atom. The number of amides is 1. The Bertz CT molecular complexity index is 1220. The topological polar surface area (TPSA) is 114 Å². The summed E-state index contributed by atoms with van der Waals surface area (Å²) < 4.78 is 46.6. The predicted molar refractivity (Wildman–Crippen MR) is 111 cm³/mol. The molecular formula is C21H21FN4O4S. The third-order valence-electron chi connectivity index (χ3n) is 4.94. The highest BCUT2D eigenvalue weighted by Crippen LogP contribution is 2.39. The Morgan fingerprint density at radius 3 is 2.58 bits per heavy atom. The monoisotopic (exact) mass is 444 g/mol. The van der Waals surface area contributed by atoms with E-state index >= 15 is 0 Å². The molecule has 0 radical (unpaired) electrons. The summed E-state index contributed by atoms with van der Waals surface area (Å²) in [5.41, 5.74) is 1.37. The average Bonchev–Trinajstić information content (AvgIpc) is 3.46. The molecule has 3 aromatic rings. The first-order valence-corrected chi connectivity index (χ1v) is 11.2. The van der Waals surface area contributed by atoms with Crippen LogP contribution in [0, 0.1) is 12.7 Å². The number of carbonyl (C=O) groups excluding carboxylic acids is 1. The Balaban J connectivity index is 1.51. The quantitative estimate of drug-likeness (QED) is 0.578. The van der Waals surface area contributed by atoms with Crippen molar-refractivity contribution in [3.8, 4) is 11.4 Å². The molecule has 1 heterocycles. The zero-order chi connectivity index (χ0) is 22.2. The van der Waals surface area contributed by atoms with Crippen LogP contribution in [0.15, 0.2) is 51.9 Å². The van der Waals surface area contributed by atoms with Gasteiger partial charge in [0, 0.05) is 17.2 Å². The number of hydrogen-bond donors (Lipinski definition) is 2. The van der Waals surface area contributed by atoms with E-state index in [9.17, 15) is 17.6 Å². The Morgan fingerprint density at radius 1 is 1.19 bits per heavy atom. The van der Waals surface area contributed by atoms with Crippen molar-refractivity contribution in [3.63, 3.8) is 0 Å². The fourth-order valence-corrected chi connectivity index (χ4v) is 4.48. The van der Waals surface area contributed by atoms with Crippen molar-refractivity contribution in [1.29, 1.82) is 0 Å². The number of benzene rings is 2. The summed E-state index contributed by atoms with van der Waals surface area (Å²) in [5.74, 6) is 0.158. The molecule has 0 aliphatic heterocycles. The average molecular weight is 444 g/mol. The van der Waals surface area contributed by atoms with Crippen molar-refractivity contribution in [2.24, 2.45) is 0 Å². The van der Waals surface area contributed by atoms with Gasteiger partial charge in [0.1, 0.15) is 5.82 Å². The minimum Gasteiger partial charge on any atom is -0.339 e. The molecule has 31 heavy (non-hydrogen) atoms. The molecule has 0 spiro atoms. The molecule has 1 atom stereocenters. The van der Waals surface area contributed by atoms with Crippen LogP contribution in [0.5, 0.6) is 0 Å². The van der Waals surface area contributed by atoms with Gasteiger partial charge in [0.25, 0.3) is 0 Å². The van der Waals surface area contributed by atoms with E-state index in [-0.39, 0.29) is 10.8 Å². The van der Waals surface area contributed by atoms with Crippen molar-refractivity contribution in [3.05, 3.63) is 59.7 Å². The number of sulfonamides is 1. The summed E-state index contributed by atoms with van der Waals surface area (Å²) in [6, 6.07) is 8.96. The van der Waals surface area contributed by atoms with Crippen LogP contribution in [0.1, 0.15) is 37.1 Å². The summed E-state index contributed by atoms with van der Waals surface area (Å²) in [7, 11) is -4.02. The van der Waals surface area contributed by atoms with Gasteiger partial charge in [-0.3, -0.25) is 4.79 Å². The number of aromatic nitrogens is 2. The molecule has 1 fully saturated rings. The van der Waals surface area contributed by atoms with E-state index in [1.165, 1.54) is 37.3 Å². The maximum absolute atomic E-state index is 13.0. The zero-order valence-corrected chi connectivity index (χ0v) is 17.7. The molecule has 0 unspecified atom stereocenters. The first-order valence-electron chi connectivity index (χ1n) is 9.76. The molecular weight excluding hydrogens is 423 g/mol. The number of carbonyl (C=O) groups is 1. The van der Waals surface area contributed by atoms with Crippen LogP contribution in [0.25, 0.3) is 11.4 Å². The van der Waals surface area contributed by atoms with Crippen molar-refractivity contribution in [2.75, 3.05) is 5.32 Å². The zero-order valence-electron chi connectivity index (χ0n) is 16.9. The molecule has 1 aliphatic carbocycles. The molecule has 2 aromatic carbocycles. The van der Waals surface area contributed by atoms with Gasteiger partial charge in [-0.2, -0.15) is 9.71 Å². The van der Waals surface area contributed by atoms with Crippen LogP contribution in [0.4, 0.5) is 10.1 Å². The maximum atomic E-state index is 13.0. The van der Waals surface area contributed by atoms with E-state index in [1.54, 1.807) is 19.1 Å². The number of anilines is 1. The van der Waals surface area contributed by atoms with Gasteiger partial charge in [0.15, 0.2) is 0 Å². The number of halogens is 1. The van der Waals surface area contributed by atoms with Gasteiger partial charge >= 0.3 is 0 Å². The minimum absolute atomic E-state index is 0.0178. The van der Waals surface area contributed by atoms with E-state index < -0.39 is 27.8 Å². The summed E-state index contributed by atoms with van der Waals surface area (Å²) in [4.78, 5) is 16.8. The van der Waals surface area contributed by atoms with Crippen LogP contribution >= 0.6 is 0 Å². The molecule has 1 aliphatic rings. The van der Waals surface area contributed by atoms with E-state index in [2.05, 4.69) is 20.2 Å². The Hall–Kier alpha value is -3.11. The van der Waals surface area contributed by atoms with Gasteiger partial charge in [-0.15, -0.1) is 0 Å². The normalized spacial score (nSPS) is 14.9. The molecule has 1 amide bonds. The van der Waals surface area contributed by atoms with Gasteiger partial charge in [0.05, 0.1) is 10.9 Å². The predicted octanol–water partition coefficient (Wildman–Crippen LogP) is 3.37. The summed E-state index contributed by atoms with van der Waals surface area (Å²) in [5, 5.41) is 6.50. The largest absolute Gasteiger partial charge is 0.339 e. The molecule has 0 saturated heterocycles. The van der Waals surface area contributed by atoms with Crippen molar-refractivity contribution >= 4 is 21.6 Å². The van der Waals surface area contributed by atoms with Crippen molar-refractivity contribution in [2.45, 2.75) is 43.5 Å². The number of aryl methyl sites for hydroxylation is 1. The second-order valence-corrected chi connectivity index (χ2v) is 9.23. The number of rotatable bonds is 7. The van der Waals surface area contributed by atoms with E-state index in [0.29, 0.717) is 28.5 Å². The number of nitrogens with one attached hydrogen (secondary N) is 2. The fourth-order valence-electron chi connectivity index (χ4n) is 3.01. The molecule has 162 valence electrons. The highest BCUT2D eigenvalue weighted by molar-refractivity contribution is 7.89. The first kappa shape index (κ1) is 21.1. The highest BCUT2D eigenvalue weighted by atomic mass is 32.2. The maximum Gasteiger partial charge on any atom is 0.242 e. The molecule has 1 aromatic heterocycles. The molecule has 8 nitrogen and oxygen atoms in total. The Kier molecular flexibility index (Phi) is 5.59. The third-order valence-corrected chi connectivity index (χ3v) is 6.62. The summed E-state index contributed by atoms with van der Waals surface area (Å²) >= 11 is 0. The SMILES string of the molecule is Cc1ccc(-c2noc(C3CC3)n2)cc1S(=O)(=O)N[C@H](C)C(=O)Nc1ccc(F)cc1. The van der Waals surface area contributed by atoms with E-state index in [0.717, 1.165) is 12.8 Å². The van der Waals surface area contributed by atoms with Crippen LogP contribution < -0.4 is 10.0 Å². The second kappa shape index (κ2) is 8.20. The molecule has 1 saturated carbocycles. The van der Waals surface area contributed by atoms with E-state index in [4.69, 9.17) is 4.52 Å². The van der Waals surface area contributed by atoms with Gasteiger partial charge < -0.3 is 9.84 Å². The molecule has 4 rings (SSSR count). The minimum atomic E-state index is -4.02. The lowest BCUT2D eigenvalue weighted by Gasteiger charge is -2.16. The Labute approximate surface area is 178 Å². The van der Waals surface area contributed by atoms with Crippen molar-refractivity contribution < 1.29 is 22.1 Å². The van der Waals surface area contributed by atoms with Crippen molar-refractivity contribution in [1.82, 2.24) is 14.9 Å². The van der Waals surface area contributed by atoms with Gasteiger partial charge in [-0.05, 0) is 62.6 Å². The lowest BCUT2D eigenvalue weighted by atomic mass is 10.1. The van der Waals surface area contributed by atoms with Crippen LogP contribution in [-0.2, 0) is 14.8 Å². The lowest BCUT2D eigenvalue weighted by Crippen LogP contribution is -2.41. The lowest BCUT2D eigenvalue weighted by molar-refractivity contribution is -0.117. The number of hydrogen-bond acceptors (Lipinski definition) is 6. The van der Waals surface area contributed by atoms with Gasteiger partial charge in [-0.25, -0.2) is 12.8 Å². The molecule has 10 heteroatoms. The van der Waals surface area contributed by atoms with E-state index in [1.807, 2.05) is 0 Å². The number of nitrogens with zero attached hydrogens (tertiary/aromatic N) is 2. The third kappa shape index (κ3) is 4.80. The molecule has 2 N–H and O–H groups in total. The van der Waals surface area contributed by atoms with Gasteiger partial charge in [0.2, 0.25) is 27.6 Å². The summed E-state index contributed by atoms with van der Waals surface area (Å²) in [6.07, 6.45) is 2.02. The van der Waals surface area contributed by atoms with Gasteiger partial charge in [-0.1, -0.05) is 17.3 Å². The van der Waals surface area contributed by atoms with Crippen LogP contribution in [0.2, 0.25) is 0 Å². The standard InChI is InChI=1S/C21H21FN4O4S/c1-12-3-4-15(19-24-21(30-25-19)14-5-6-14)11-18(12)31(28,29)26-13(2)20(27)23-17-9-7-16(22)8-10-17/h3-4,7-11,13-14,26H,5-6H2,1-2H3,(H,23,27)/t13-/m1/s1. The smallest absolute Gasteiger partial charge is 0.242 e. The fraction of sp³-hybridized carbons (Fsp3) is 0.286. The second-order valence-electron chi connectivity index (χ2n) is 7.55. The molecule has 0 bridgehead atoms. The summed E-state index contributed by atoms with van der Waals surface area (Å²) in [6.45, 7) is 3.09. The van der Waals surface area contributed by atoms with Crippen LogP contribution in [-0.4, -0.2) is 30.5 Å². The first-order chi connectivity index (χ1) is 14.7. The highest BCUT2D eigenvalue weighted by Gasteiger charge is 2.30. The van der Waals surface area contributed by atoms with Crippen LogP contribution in [0.3, 0.4) is 0 Å².